The molecule has 0 fully saturated rings. The van der Waals surface area contributed by atoms with Crippen LogP contribution in [-0.4, -0.2) is 114 Å². The summed E-state index contributed by atoms with van der Waals surface area (Å²) in [6, 6.07) is 23.1. The van der Waals surface area contributed by atoms with Crippen LogP contribution in [0.15, 0.2) is 115 Å². The van der Waals surface area contributed by atoms with E-state index in [2.05, 4.69) is 43.8 Å². The van der Waals surface area contributed by atoms with Crippen LogP contribution in [0.4, 0.5) is 26.7 Å². The number of rotatable bonds is 30. The maximum Gasteiger partial charge on any atom is 0.411 e. The van der Waals surface area contributed by atoms with Gasteiger partial charge in [0, 0.05) is 54.5 Å². The topological polar surface area (TPSA) is 300 Å². The summed E-state index contributed by atoms with van der Waals surface area (Å²) < 4.78 is 5.56. The first kappa shape index (κ1) is 70.6. The van der Waals surface area contributed by atoms with E-state index in [9.17, 15) is 48.3 Å². The number of carboxylic acids is 1. The number of nitrogens with one attached hydrogen (secondary N) is 7. The first-order chi connectivity index (χ1) is 40.9. The second kappa shape index (κ2) is 32.6. The monoisotopic (exact) mass is 1200 g/mol. The molecule has 0 heterocycles. The number of hydrogen-bond acceptors (Lipinski definition) is 11. The zero-order chi connectivity index (χ0) is 64.9. The third kappa shape index (κ3) is 21.0. The highest BCUT2D eigenvalue weighted by Gasteiger charge is 2.42. The van der Waals surface area contributed by atoms with Crippen LogP contribution in [-0.2, 0) is 56.9 Å². The van der Waals surface area contributed by atoms with E-state index in [1.54, 1.807) is 87.5 Å². The zero-order valence-electron chi connectivity index (χ0n) is 52.6. The molecule has 0 aliphatic rings. The molecule has 9 amide bonds. The van der Waals surface area contributed by atoms with E-state index >= 15 is 0 Å². The Morgan fingerprint density at radius 3 is 2.00 bits per heavy atom. The highest BCUT2D eigenvalue weighted by molar-refractivity contribution is 6.00. The molecule has 4 aromatic carbocycles. The summed E-state index contributed by atoms with van der Waals surface area (Å²) in [6.07, 6.45) is 2.46. The molecule has 10 N–H and O–H groups in total. The van der Waals surface area contributed by atoms with Crippen molar-refractivity contribution >= 4 is 76.7 Å². The molecule has 21 heteroatoms. The summed E-state index contributed by atoms with van der Waals surface area (Å²) in [6.45, 7) is 24.0. The van der Waals surface area contributed by atoms with Gasteiger partial charge in [0.1, 0.15) is 24.7 Å². The van der Waals surface area contributed by atoms with Crippen molar-refractivity contribution in [2.45, 2.75) is 151 Å². The second-order valence-electron chi connectivity index (χ2n) is 24.0. The number of carbonyl (C=O) groups is 9. The summed E-state index contributed by atoms with van der Waals surface area (Å²) >= 11 is 0. The molecule has 0 spiro atoms. The molecule has 0 aliphatic heterocycles. The predicted octanol–water partition coefficient (Wildman–Crippen LogP) is 8.32. The van der Waals surface area contributed by atoms with Crippen molar-refractivity contribution in [3.8, 4) is 0 Å². The SMILES string of the molecule is C=Cc1ccccc1CN(C(=O)CCC(=O)N[C@H](C(=O)N[C@@H](CCCNC(N)=O)C(=O)Nc1ccc(COC(=O)Nc2cccc(C(C)(C)[C@H](NC)C(=O)N[C@H](C(=O)N(C)[C@H](/C=C(\C)C(=O)O)C(C)C)C(C)(C)C)c2)cc1)C(C)C)c1ccccc1C. The Labute approximate surface area is 512 Å². The minimum absolute atomic E-state index is 0.0801. The van der Waals surface area contributed by atoms with Gasteiger partial charge in [0.25, 0.3) is 0 Å². The Hall–Kier alpha value is -8.85. The number of hydrogen-bond donors (Lipinski definition) is 9. The fourth-order valence-corrected chi connectivity index (χ4v) is 9.91. The number of aryl methyl sites for hydroxylation is 1. The number of aliphatic carboxylic acids is 1. The Bertz CT molecular complexity index is 3110. The van der Waals surface area contributed by atoms with Gasteiger partial charge in [-0.2, -0.15) is 0 Å². The Morgan fingerprint density at radius 2 is 1.40 bits per heavy atom. The zero-order valence-corrected chi connectivity index (χ0v) is 52.6. The van der Waals surface area contributed by atoms with E-state index in [-0.39, 0.29) is 68.7 Å². The molecular weight excluding hydrogens is 1110 g/mol. The van der Waals surface area contributed by atoms with E-state index in [1.807, 2.05) is 110 Å². The van der Waals surface area contributed by atoms with Crippen LogP contribution >= 0.6 is 0 Å². The van der Waals surface area contributed by atoms with Gasteiger partial charge in [0.15, 0.2) is 0 Å². The molecule has 5 atom stereocenters. The van der Waals surface area contributed by atoms with Crippen molar-refractivity contribution in [1.82, 2.24) is 31.5 Å². The number of anilines is 3. The number of para-hydroxylation sites is 1. The number of benzene rings is 4. The number of primary amides is 1. The van der Waals surface area contributed by atoms with E-state index in [0.717, 1.165) is 16.7 Å². The summed E-state index contributed by atoms with van der Waals surface area (Å²) in [7, 11) is 3.24. The molecule has 0 unspecified atom stereocenters. The summed E-state index contributed by atoms with van der Waals surface area (Å²) in [5.41, 5.74) is 9.04. The maximum absolute atomic E-state index is 14.2. The lowest BCUT2D eigenvalue weighted by Gasteiger charge is -2.40. The van der Waals surface area contributed by atoms with Crippen molar-refractivity contribution in [2.24, 2.45) is 23.0 Å². The number of carboxylic acid groups (broad SMARTS) is 1. The Morgan fingerprint density at radius 1 is 0.747 bits per heavy atom. The molecule has 470 valence electrons. The van der Waals surface area contributed by atoms with Gasteiger partial charge < -0.3 is 57.3 Å². The van der Waals surface area contributed by atoms with Crippen LogP contribution in [0.5, 0.6) is 0 Å². The van der Waals surface area contributed by atoms with Gasteiger partial charge >= 0.3 is 18.1 Å². The highest BCUT2D eigenvalue weighted by Crippen LogP contribution is 2.32. The molecule has 0 saturated carbocycles. The number of likely N-dealkylation sites (N-methyl/N-ethyl adjacent to an activating group) is 2. The molecule has 0 bridgehead atoms. The lowest BCUT2D eigenvalue weighted by Crippen LogP contribution is -2.61. The van der Waals surface area contributed by atoms with Crippen LogP contribution in [0.1, 0.15) is 123 Å². The average Bonchev–Trinajstić information content (AvgIpc) is 2.90. The molecule has 0 saturated heterocycles. The molecule has 4 aromatic rings. The molecule has 4 rings (SSSR count). The summed E-state index contributed by atoms with van der Waals surface area (Å²) in [5, 5.41) is 29.2. The van der Waals surface area contributed by atoms with E-state index in [1.165, 1.54) is 11.8 Å². The summed E-state index contributed by atoms with van der Waals surface area (Å²) in [4.78, 5) is 123. The number of nitrogens with zero attached hydrogens (tertiary/aromatic N) is 2. The Kier molecular flexibility index (Phi) is 26.5. The third-order valence-corrected chi connectivity index (χ3v) is 15.1. The first-order valence-electron chi connectivity index (χ1n) is 29.2. The third-order valence-electron chi connectivity index (χ3n) is 15.1. The molecule has 21 nitrogen and oxygen atoms in total. The lowest BCUT2D eigenvalue weighted by molar-refractivity contribution is -0.141. The number of carbonyl (C=O) groups excluding carboxylic acids is 8. The fraction of sp³-hybridized carbons (Fsp3) is 0.439. The molecule has 0 aliphatic carbocycles. The standard InChI is InChI=1S/C66H90N10O11/c1-15-45-23-17-18-24-46(45)38-76(51-28-19-16-22-42(51)6)54(78)34-33-53(77)73-55(41(4)5)59(80)72-50(27-21-35-69-63(67)85)58(79)70-48-31-29-44(30-32-48)39-87-64(86)71-49-26-20-25-47(37-49)66(11,12)56(68-13)60(81)74-57(65(8,9)10)61(82)75(14)52(40(2)3)36-43(7)62(83)84/h15-20,22-26,28-32,36-37,40-41,50,52,55-57,68H,1,21,27,33-35,38-39H2,2-14H3,(H,70,79)(H,71,86)(H,72,80)(H,73,77)(H,74,81)(H,83,84)(H3,67,69,85)/b43-36+/t50-,52+,55-,56+,57+/m0/s1. The van der Waals surface area contributed by atoms with Crippen molar-refractivity contribution in [3.05, 3.63) is 143 Å². The Balaban J connectivity index is 1.39. The smallest absolute Gasteiger partial charge is 0.411 e. The maximum atomic E-state index is 14.2. The normalized spacial score (nSPS) is 13.4. The van der Waals surface area contributed by atoms with Crippen LogP contribution in [0.2, 0.25) is 0 Å². The minimum atomic E-state index is -1.13. The predicted molar refractivity (Wildman–Crippen MR) is 339 cm³/mol. The number of amides is 9. The van der Waals surface area contributed by atoms with Crippen molar-refractivity contribution in [2.75, 3.05) is 36.2 Å². The van der Waals surface area contributed by atoms with Crippen molar-refractivity contribution in [3.63, 3.8) is 0 Å². The van der Waals surface area contributed by atoms with Gasteiger partial charge in [0.05, 0.1) is 18.6 Å². The average molecular weight is 1200 g/mol. The van der Waals surface area contributed by atoms with Gasteiger partial charge in [-0.05, 0) is 109 Å². The number of urea groups is 1. The van der Waals surface area contributed by atoms with Gasteiger partial charge in [-0.1, -0.05) is 148 Å². The second-order valence-corrected chi connectivity index (χ2v) is 24.0. The van der Waals surface area contributed by atoms with Crippen molar-refractivity contribution < 1.29 is 53.0 Å². The fourth-order valence-electron chi connectivity index (χ4n) is 9.91. The minimum Gasteiger partial charge on any atom is -0.478 e. The van der Waals surface area contributed by atoms with Crippen LogP contribution in [0.3, 0.4) is 0 Å². The summed E-state index contributed by atoms with van der Waals surface area (Å²) in [5.74, 6) is -4.52. The van der Waals surface area contributed by atoms with Crippen LogP contribution in [0.25, 0.3) is 6.08 Å². The lowest BCUT2D eigenvalue weighted by atomic mass is 9.76. The quantitative estimate of drug-likeness (QED) is 0.0176. The van der Waals surface area contributed by atoms with E-state index < -0.39 is 88.7 Å². The van der Waals surface area contributed by atoms with E-state index in [0.29, 0.717) is 28.2 Å². The van der Waals surface area contributed by atoms with Crippen molar-refractivity contribution in [1.29, 1.82) is 0 Å². The van der Waals surface area contributed by atoms with Gasteiger partial charge in [-0.15, -0.1) is 0 Å². The number of nitrogens with two attached hydrogens (primary N) is 1. The highest BCUT2D eigenvalue weighted by atomic mass is 16.5. The van der Waals surface area contributed by atoms with Gasteiger partial charge in [0.2, 0.25) is 35.4 Å². The first-order valence-corrected chi connectivity index (χ1v) is 29.2. The molecular formula is C66H90N10O11. The molecule has 0 radical (unpaired) electrons. The van der Waals surface area contributed by atoms with E-state index in [4.69, 9.17) is 10.5 Å². The van der Waals surface area contributed by atoms with Crippen LogP contribution < -0.4 is 47.9 Å². The van der Waals surface area contributed by atoms with Gasteiger partial charge in [-0.25, -0.2) is 14.4 Å². The molecule has 0 aromatic heterocycles. The van der Waals surface area contributed by atoms with Gasteiger partial charge in [-0.3, -0.25) is 34.1 Å². The van der Waals surface area contributed by atoms with Crippen LogP contribution in [0, 0.1) is 24.2 Å². The largest absolute Gasteiger partial charge is 0.478 e. The molecule has 87 heavy (non-hydrogen) atoms. The number of ether oxygens (including phenoxy) is 1.